The molecule has 0 radical (unpaired) electrons. The summed E-state index contributed by atoms with van der Waals surface area (Å²) in [4.78, 5) is 21.3. The maximum atomic E-state index is 12.1. The van der Waals surface area contributed by atoms with Crippen molar-refractivity contribution in [3.05, 3.63) is 71.8 Å². The zero-order valence-electron chi connectivity index (χ0n) is 16.0. The Morgan fingerprint density at radius 2 is 1.50 bits per heavy atom. The molecule has 0 atom stereocenters. The van der Waals surface area contributed by atoms with Crippen LogP contribution in [0.2, 0.25) is 0 Å². The number of carbonyl (C=O) groups is 1. The highest BCUT2D eigenvalue weighted by Gasteiger charge is 2.20. The molecule has 0 aliphatic heterocycles. The van der Waals surface area contributed by atoms with Crippen LogP contribution >= 0.6 is 12.6 Å². The van der Waals surface area contributed by atoms with Gasteiger partial charge in [0.15, 0.2) is 11.2 Å². The standard InChI is InChI=1S/C23H16N2O4S/c1-27-23(26)16-9-5-11-18-20(16)25-22(29-18)15-8-4-10-17-19(15)24-21(28-17)14-7-3-2-6-13(14)12-30/h2-11,30H,12H2,1H3. The lowest BCUT2D eigenvalue weighted by molar-refractivity contribution is 0.0602. The molecule has 0 amide bonds. The number of aromatic nitrogens is 2. The molecular formula is C23H16N2O4S. The van der Waals surface area contributed by atoms with Crippen LogP contribution in [0, 0.1) is 0 Å². The molecule has 6 nitrogen and oxygen atoms in total. The van der Waals surface area contributed by atoms with Gasteiger partial charge >= 0.3 is 5.97 Å². The van der Waals surface area contributed by atoms with Crippen molar-refractivity contribution in [2.75, 3.05) is 7.11 Å². The van der Waals surface area contributed by atoms with E-state index in [9.17, 15) is 4.79 Å². The summed E-state index contributed by atoms with van der Waals surface area (Å²) in [5.41, 5.74) is 5.13. The van der Waals surface area contributed by atoms with Crippen molar-refractivity contribution in [2.24, 2.45) is 0 Å². The molecule has 0 unspecified atom stereocenters. The number of benzene rings is 3. The first-order valence-electron chi connectivity index (χ1n) is 9.26. The van der Waals surface area contributed by atoms with Gasteiger partial charge in [-0.3, -0.25) is 0 Å². The van der Waals surface area contributed by atoms with Gasteiger partial charge in [-0.15, -0.1) is 0 Å². The Balaban J connectivity index is 1.69. The third-order valence-corrected chi connectivity index (χ3v) is 5.23. The van der Waals surface area contributed by atoms with Crippen molar-refractivity contribution >= 4 is 40.8 Å². The second-order valence-corrected chi connectivity index (χ2v) is 6.97. The lowest BCUT2D eigenvalue weighted by Gasteiger charge is -2.01. The minimum Gasteiger partial charge on any atom is -0.465 e. The van der Waals surface area contributed by atoms with E-state index >= 15 is 0 Å². The molecular weight excluding hydrogens is 400 g/mol. The van der Waals surface area contributed by atoms with E-state index in [1.165, 1.54) is 7.11 Å². The van der Waals surface area contributed by atoms with E-state index in [1.807, 2.05) is 42.5 Å². The van der Waals surface area contributed by atoms with Gasteiger partial charge in [0.2, 0.25) is 11.8 Å². The lowest BCUT2D eigenvalue weighted by atomic mass is 10.1. The van der Waals surface area contributed by atoms with Crippen molar-refractivity contribution in [3.8, 4) is 22.9 Å². The van der Waals surface area contributed by atoms with E-state index in [0.29, 0.717) is 50.9 Å². The molecule has 30 heavy (non-hydrogen) atoms. The summed E-state index contributed by atoms with van der Waals surface area (Å²) in [6.45, 7) is 0. The first-order valence-corrected chi connectivity index (χ1v) is 9.90. The molecule has 3 aromatic carbocycles. The summed E-state index contributed by atoms with van der Waals surface area (Å²) in [6.07, 6.45) is 0. The predicted octanol–water partition coefficient (Wildman–Crippen LogP) is 5.52. The fraction of sp³-hybridized carbons (Fsp3) is 0.0870. The number of para-hydroxylation sites is 2. The number of esters is 1. The summed E-state index contributed by atoms with van der Waals surface area (Å²) >= 11 is 4.40. The number of ether oxygens (including phenoxy) is 1. The third-order valence-electron chi connectivity index (χ3n) is 4.89. The molecule has 5 aromatic rings. The monoisotopic (exact) mass is 416 g/mol. The third kappa shape index (κ3) is 2.95. The fourth-order valence-corrected chi connectivity index (χ4v) is 3.72. The highest BCUT2D eigenvalue weighted by Crippen LogP contribution is 2.34. The van der Waals surface area contributed by atoms with Crippen molar-refractivity contribution in [1.29, 1.82) is 0 Å². The predicted molar refractivity (Wildman–Crippen MR) is 116 cm³/mol. The Hall–Kier alpha value is -3.58. The molecule has 0 aliphatic rings. The highest BCUT2D eigenvalue weighted by molar-refractivity contribution is 7.79. The second-order valence-electron chi connectivity index (χ2n) is 6.65. The van der Waals surface area contributed by atoms with Gasteiger partial charge in [-0.05, 0) is 35.9 Å². The Kier molecular flexibility index (Phi) is 4.52. The largest absolute Gasteiger partial charge is 0.465 e. The second kappa shape index (κ2) is 7.35. The van der Waals surface area contributed by atoms with Crippen LogP contribution in [0.3, 0.4) is 0 Å². The summed E-state index contributed by atoms with van der Waals surface area (Å²) in [6, 6.07) is 18.6. The topological polar surface area (TPSA) is 78.4 Å². The van der Waals surface area contributed by atoms with Gasteiger partial charge in [0.25, 0.3) is 0 Å². The molecule has 148 valence electrons. The van der Waals surface area contributed by atoms with Crippen LogP contribution in [-0.2, 0) is 10.5 Å². The molecule has 5 rings (SSSR count). The lowest BCUT2D eigenvalue weighted by Crippen LogP contribution is -2.01. The van der Waals surface area contributed by atoms with E-state index in [4.69, 9.17) is 18.6 Å². The van der Waals surface area contributed by atoms with Crippen LogP contribution in [0.4, 0.5) is 0 Å². The fourth-order valence-electron chi connectivity index (χ4n) is 3.44. The highest BCUT2D eigenvalue weighted by atomic mass is 32.1. The normalized spacial score (nSPS) is 11.3. The Morgan fingerprint density at radius 3 is 2.27 bits per heavy atom. The number of hydrogen-bond acceptors (Lipinski definition) is 7. The first-order chi connectivity index (χ1) is 14.7. The zero-order valence-corrected chi connectivity index (χ0v) is 16.8. The van der Waals surface area contributed by atoms with Crippen LogP contribution in [-0.4, -0.2) is 23.0 Å². The van der Waals surface area contributed by atoms with Gasteiger partial charge in [0, 0.05) is 11.3 Å². The number of methoxy groups -OCH3 is 1. The van der Waals surface area contributed by atoms with E-state index < -0.39 is 5.97 Å². The average molecular weight is 416 g/mol. The number of rotatable bonds is 4. The molecule has 7 heteroatoms. The summed E-state index contributed by atoms with van der Waals surface area (Å²) < 4.78 is 16.8. The van der Waals surface area contributed by atoms with Crippen LogP contribution in [0.1, 0.15) is 15.9 Å². The van der Waals surface area contributed by atoms with Crippen LogP contribution in [0.25, 0.3) is 45.1 Å². The Bertz CT molecular complexity index is 1400. The minimum absolute atomic E-state index is 0.348. The SMILES string of the molecule is COC(=O)c1cccc2oc(-c3cccc4oc(-c5ccccc5CS)nc34)nc12. The smallest absolute Gasteiger partial charge is 0.340 e. The number of carbonyl (C=O) groups excluding carboxylic acids is 1. The van der Waals surface area contributed by atoms with E-state index in [2.05, 4.69) is 17.6 Å². The number of thiol groups is 1. The van der Waals surface area contributed by atoms with Gasteiger partial charge in [-0.25, -0.2) is 14.8 Å². The average Bonchev–Trinajstić information content (AvgIpc) is 3.42. The summed E-state index contributed by atoms with van der Waals surface area (Å²) in [5, 5.41) is 0. The Morgan fingerprint density at radius 1 is 0.867 bits per heavy atom. The summed E-state index contributed by atoms with van der Waals surface area (Å²) in [5.74, 6) is 0.969. The van der Waals surface area contributed by atoms with Gasteiger partial charge < -0.3 is 13.6 Å². The molecule has 0 N–H and O–H groups in total. The van der Waals surface area contributed by atoms with E-state index in [1.54, 1.807) is 18.2 Å². The van der Waals surface area contributed by atoms with Crippen LogP contribution in [0.15, 0.2) is 69.5 Å². The van der Waals surface area contributed by atoms with Crippen LogP contribution in [0.5, 0.6) is 0 Å². The molecule has 0 bridgehead atoms. The number of oxazole rings is 2. The number of nitrogens with zero attached hydrogens (tertiary/aromatic N) is 2. The number of hydrogen-bond donors (Lipinski definition) is 1. The van der Waals surface area contributed by atoms with Gasteiger partial charge in [-0.2, -0.15) is 12.6 Å². The molecule has 2 heterocycles. The first kappa shape index (κ1) is 18.4. The maximum Gasteiger partial charge on any atom is 0.340 e. The van der Waals surface area contributed by atoms with Crippen molar-refractivity contribution in [2.45, 2.75) is 5.75 Å². The summed E-state index contributed by atoms with van der Waals surface area (Å²) in [7, 11) is 1.34. The molecule has 0 saturated heterocycles. The molecule has 2 aromatic heterocycles. The van der Waals surface area contributed by atoms with Gasteiger partial charge in [-0.1, -0.05) is 30.3 Å². The quantitative estimate of drug-likeness (QED) is 0.307. The van der Waals surface area contributed by atoms with Crippen molar-refractivity contribution in [1.82, 2.24) is 9.97 Å². The molecule has 0 aliphatic carbocycles. The molecule has 0 saturated carbocycles. The molecule has 0 fully saturated rings. The number of fused-ring (bicyclic) bond motifs is 2. The van der Waals surface area contributed by atoms with E-state index in [-0.39, 0.29) is 0 Å². The van der Waals surface area contributed by atoms with Crippen LogP contribution < -0.4 is 0 Å². The molecule has 0 spiro atoms. The van der Waals surface area contributed by atoms with E-state index in [0.717, 1.165) is 11.1 Å². The zero-order chi connectivity index (χ0) is 20.7. The van der Waals surface area contributed by atoms with Crippen molar-refractivity contribution in [3.63, 3.8) is 0 Å². The van der Waals surface area contributed by atoms with Gasteiger partial charge in [0.1, 0.15) is 11.0 Å². The van der Waals surface area contributed by atoms with Crippen molar-refractivity contribution < 1.29 is 18.4 Å². The van der Waals surface area contributed by atoms with Gasteiger partial charge in [0.05, 0.1) is 18.2 Å². The Labute approximate surface area is 176 Å². The minimum atomic E-state index is -0.467. The maximum absolute atomic E-state index is 12.1.